The van der Waals surface area contributed by atoms with Gasteiger partial charge in [-0.1, -0.05) is 35.9 Å². The van der Waals surface area contributed by atoms with Crippen LogP contribution in [0.5, 0.6) is 0 Å². The van der Waals surface area contributed by atoms with Crippen molar-refractivity contribution >= 4 is 6.03 Å². The first kappa shape index (κ1) is 20.5. The van der Waals surface area contributed by atoms with Crippen LogP contribution in [-0.4, -0.2) is 73.1 Å². The third-order valence-corrected chi connectivity index (χ3v) is 7.19. The highest BCUT2D eigenvalue weighted by Gasteiger charge is 2.36. The molecule has 5 rings (SSSR count). The topological polar surface area (TPSA) is 38.8 Å². The zero-order valence-corrected chi connectivity index (χ0v) is 18.2. The summed E-state index contributed by atoms with van der Waals surface area (Å²) in [7, 11) is 0. The van der Waals surface area contributed by atoms with Gasteiger partial charge in [-0.25, -0.2) is 9.18 Å². The van der Waals surface area contributed by atoms with Gasteiger partial charge in [-0.05, 0) is 42.2 Å². The van der Waals surface area contributed by atoms with Gasteiger partial charge in [0.1, 0.15) is 5.82 Å². The number of halogens is 1. The maximum Gasteiger partial charge on any atom is 0.317 e. The van der Waals surface area contributed by atoms with Crippen molar-refractivity contribution in [1.29, 1.82) is 0 Å². The fourth-order valence-corrected chi connectivity index (χ4v) is 5.42. The smallest absolute Gasteiger partial charge is 0.317 e. The Morgan fingerprint density at radius 2 is 1.74 bits per heavy atom. The minimum Gasteiger partial charge on any atom is -0.336 e. The van der Waals surface area contributed by atoms with Gasteiger partial charge in [0.2, 0.25) is 0 Å². The third-order valence-electron chi connectivity index (χ3n) is 7.19. The first-order valence-electron chi connectivity index (χ1n) is 11.4. The van der Waals surface area contributed by atoms with E-state index in [0.717, 1.165) is 58.8 Å². The molecule has 0 radical (unpaired) electrons. The Morgan fingerprint density at radius 1 is 0.968 bits per heavy atom. The van der Waals surface area contributed by atoms with Gasteiger partial charge in [0.15, 0.2) is 0 Å². The molecule has 31 heavy (non-hydrogen) atoms. The minimum absolute atomic E-state index is 0.0726. The van der Waals surface area contributed by atoms with Gasteiger partial charge in [-0.15, -0.1) is 0 Å². The first-order chi connectivity index (χ1) is 15.1. The Balaban J connectivity index is 1.26. The molecule has 2 heterocycles. The minimum atomic E-state index is -0.176. The molecule has 0 spiro atoms. The van der Waals surface area contributed by atoms with Crippen molar-refractivity contribution < 1.29 is 9.18 Å². The number of rotatable bonds is 5. The second kappa shape index (κ2) is 8.60. The molecule has 2 amide bonds. The normalized spacial score (nSPS) is 24.5. The number of hydrogen-bond acceptors (Lipinski definition) is 3. The van der Waals surface area contributed by atoms with Crippen LogP contribution in [0.15, 0.2) is 42.5 Å². The van der Waals surface area contributed by atoms with Crippen LogP contribution in [0.1, 0.15) is 40.6 Å². The summed E-state index contributed by atoms with van der Waals surface area (Å²) < 4.78 is 13.5. The molecule has 164 valence electrons. The molecule has 2 fully saturated rings. The van der Waals surface area contributed by atoms with Crippen molar-refractivity contribution in [3.8, 4) is 0 Å². The van der Waals surface area contributed by atoms with E-state index < -0.39 is 0 Å². The molecule has 1 N–H and O–H groups in total. The van der Waals surface area contributed by atoms with Crippen molar-refractivity contribution in [2.45, 2.75) is 25.3 Å². The van der Waals surface area contributed by atoms with Crippen LogP contribution < -0.4 is 5.32 Å². The van der Waals surface area contributed by atoms with E-state index >= 15 is 0 Å². The average molecular weight is 423 g/mol. The summed E-state index contributed by atoms with van der Waals surface area (Å²) in [6.07, 6.45) is 1.05. The van der Waals surface area contributed by atoms with Gasteiger partial charge in [-0.2, -0.15) is 0 Å². The Labute approximate surface area is 183 Å². The molecule has 1 aliphatic carbocycles. The molecular weight excluding hydrogens is 391 g/mol. The molecule has 6 heteroatoms. The van der Waals surface area contributed by atoms with Crippen LogP contribution in [0.2, 0.25) is 0 Å². The average Bonchev–Trinajstić information content (AvgIpc) is 3.36. The lowest BCUT2D eigenvalue weighted by molar-refractivity contribution is 0.0905. The number of nitrogens with one attached hydrogen (secondary N) is 1. The molecule has 2 aromatic rings. The van der Waals surface area contributed by atoms with Crippen LogP contribution in [0, 0.1) is 12.7 Å². The van der Waals surface area contributed by atoms with Gasteiger partial charge in [0.05, 0.1) is 0 Å². The van der Waals surface area contributed by atoms with Gasteiger partial charge in [0, 0.05) is 64.3 Å². The van der Waals surface area contributed by atoms with E-state index in [0.29, 0.717) is 12.0 Å². The van der Waals surface area contributed by atoms with Crippen LogP contribution in [-0.2, 0) is 0 Å². The summed E-state index contributed by atoms with van der Waals surface area (Å²) >= 11 is 0. The Kier molecular flexibility index (Phi) is 5.67. The molecule has 2 aliphatic heterocycles. The number of piperazine rings is 1. The molecule has 3 aliphatic rings. The quantitative estimate of drug-likeness (QED) is 0.803. The van der Waals surface area contributed by atoms with Crippen molar-refractivity contribution in [2.24, 2.45) is 0 Å². The number of nitrogens with zero attached hydrogens (tertiary/aromatic N) is 3. The SMILES string of the molecule is Cc1ccc2c(c1)C(N1CCN(CCN3CCNC3=O)CC1)CC2c1ccc(F)cc1. The number of carbonyl (C=O) groups is 1. The predicted octanol–water partition coefficient (Wildman–Crippen LogP) is 3.35. The van der Waals surface area contributed by atoms with Crippen molar-refractivity contribution in [1.82, 2.24) is 20.0 Å². The predicted molar refractivity (Wildman–Crippen MR) is 120 cm³/mol. The van der Waals surface area contributed by atoms with E-state index in [9.17, 15) is 9.18 Å². The number of aryl methyl sites for hydroxylation is 1. The zero-order chi connectivity index (χ0) is 21.4. The van der Waals surface area contributed by atoms with Crippen molar-refractivity contribution in [3.05, 3.63) is 70.5 Å². The van der Waals surface area contributed by atoms with E-state index in [1.54, 1.807) is 12.1 Å². The van der Waals surface area contributed by atoms with Gasteiger partial charge in [0.25, 0.3) is 0 Å². The monoisotopic (exact) mass is 422 g/mol. The van der Waals surface area contributed by atoms with E-state index in [1.807, 2.05) is 17.0 Å². The largest absolute Gasteiger partial charge is 0.336 e. The summed E-state index contributed by atoms with van der Waals surface area (Å²) in [6, 6.07) is 14.4. The third kappa shape index (κ3) is 4.19. The van der Waals surface area contributed by atoms with E-state index in [-0.39, 0.29) is 11.8 Å². The number of fused-ring (bicyclic) bond motifs is 1. The molecule has 5 nitrogen and oxygen atoms in total. The molecule has 2 unspecified atom stereocenters. The van der Waals surface area contributed by atoms with Crippen molar-refractivity contribution in [3.63, 3.8) is 0 Å². The summed E-state index contributed by atoms with van der Waals surface area (Å²) in [5, 5.41) is 2.88. The maximum absolute atomic E-state index is 13.5. The Morgan fingerprint density at radius 3 is 2.45 bits per heavy atom. The fraction of sp³-hybridized carbons (Fsp3) is 0.480. The number of benzene rings is 2. The lowest BCUT2D eigenvalue weighted by Crippen LogP contribution is -2.49. The van der Waals surface area contributed by atoms with E-state index in [2.05, 4.69) is 40.2 Å². The standard InChI is InChI=1S/C25H31FN4O/c1-18-2-7-21-22(19-3-5-20(26)6-4-19)17-24(23(21)16-18)29-13-10-28(11-14-29)12-15-30-9-8-27-25(30)31/h2-7,16,22,24H,8-15,17H2,1H3,(H,27,31). The summed E-state index contributed by atoms with van der Waals surface area (Å²) in [5.74, 6) is 0.151. The van der Waals surface area contributed by atoms with Gasteiger partial charge >= 0.3 is 6.03 Å². The van der Waals surface area contributed by atoms with Crippen molar-refractivity contribution in [2.75, 3.05) is 52.4 Å². The van der Waals surface area contributed by atoms with E-state index in [4.69, 9.17) is 0 Å². The highest BCUT2D eigenvalue weighted by atomic mass is 19.1. The maximum atomic E-state index is 13.5. The lowest BCUT2D eigenvalue weighted by Gasteiger charge is -2.39. The highest BCUT2D eigenvalue weighted by molar-refractivity contribution is 5.76. The summed E-state index contributed by atoms with van der Waals surface area (Å²) in [5.41, 5.74) is 5.34. The molecule has 2 aromatic carbocycles. The first-order valence-corrected chi connectivity index (χ1v) is 11.4. The molecule has 0 aromatic heterocycles. The highest BCUT2D eigenvalue weighted by Crippen LogP contribution is 2.47. The molecule has 2 atom stereocenters. The summed E-state index contributed by atoms with van der Waals surface area (Å²) in [4.78, 5) is 18.8. The second-order valence-electron chi connectivity index (χ2n) is 9.08. The number of hydrogen-bond donors (Lipinski definition) is 1. The number of carbonyl (C=O) groups excluding carboxylic acids is 1. The van der Waals surface area contributed by atoms with Crippen LogP contribution in [0.4, 0.5) is 9.18 Å². The molecular formula is C25H31FN4O. The van der Waals surface area contributed by atoms with E-state index in [1.165, 1.54) is 22.3 Å². The van der Waals surface area contributed by atoms with Crippen LogP contribution >= 0.6 is 0 Å². The molecule has 0 saturated carbocycles. The fourth-order valence-electron chi connectivity index (χ4n) is 5.42. The summed E-state index contributed by atoms with van der Waals surface area (Å²) in [6.45, 7) is 9.66. The number of urea groups is 1. The lowest BCUT2D eigenvalue weighted by atomic mass is 9.92. The van der Waals surface area contributed by atoms with Crippen LogP contribution in [0.3, 0.4) is 0 Å². The molecule has 0 bridgehead atoms. The zero-order valence-electron chi connectivity index (χ0n) is 18.2. The van der Waals surface area contributed by atoms with Crippen LogP contribution in [0.25, 0.3) is 0 Å². The Hall–Kier alpha value is -2.44. The second-order valence-corrected chi connectivity index (χ2v) is 9.08. The van der Waals surface area contributed by atoms with Gasteiger partial charge in [-0.3, -0.25) is 9.80 Å². The number of amides is 2. The van der Waals surface area contributed by atoms with Gasteiger partial charge < -0.3 is 10.2 Å². The Bertz CT molecular complexity index is 939. The molecule has 2 saturated heterocycles.